The zero-order valence-electron chi connectivity index (χ0n) is 15.5. The summed E-state index contributed by atoms with van der Waals surface area (Å²) in [5.41, 5.74) is 9.17. The molecule has 1 saturated heterocycles. The van der Waals surface area contributed by atoms with Gasteiger partial charge in [0.15, 0.2) is 5.96 Å². The smallest absolute Gasteiger partial charge is 0.193 e. The van der Waals surface area contributed by atoms with Crippen LogP contribution >= 0.6 is 24.0 Å². The molecule has 2 heterocycles. The molecule has 1 fully saturated rings. The maximum absolute atomic E-state index is 5.97. The Morgan fingerprint density at radius 2 is 2.04 bits per heavy atom. The van der Waals surface area contributed by atoms with Crippen LogP contribution in [0.4, 0.5) is 11.5 Å². The van der Waals surface area contributed by atoms with Crippen LogP contribution in [-0.2, 0) is 6.54 Å². The van der Waals surface area contributed by atoms with Crippen molar-refractivity contribution >= 4 is 41.4 Å². The van der Waals surface area contributed by atoms with Gasteiger partial charge < -0.3 is 16.0 Å². The lowest BCUT2D eigenvalue weighted by Gasteiger charge is -2.31. The highest BCUT2D eigenvalue weighted by molar-refractivity contribution is 14.0. The van der Waals surface area contributed by atoms with Gasteiger partial charge in [0.05, 0.1) is 6.54 Å². The summed E-state index contributed by atoms with van der Waals surface area (Å²) in [6, 6.07) is 12.2. The largest absolute Gasteiger partial charge is 0.370 e. The quantitative estimate of drug-likeness (QED) is 0.404. The van der Waals surface area contributed by atoms with Crippen LogP contribution in [0.3, 0.4) is 0 Å². The minimum atomic E-state index is 0. The third-order valence-electron chi connectivity index (χ3n) is 4.64. The number of hydrogen-bond acceptors (Lipinski definition) is 3. The first-order chi connectivity index (χ1) is 12.1. The Morgan fingerprint density at radius 3 is 2.69 bits per heavy atom. The van der Waals surface area contributed by atoms with Gasteiger partial charge in [0.25, 0.3) is 0 Å². The van der Waals surface area contributed by atoms with Crippen LogP contribution in [0.25, 0.3) is 0 Å². The fourth-order valence-electron chi connectivity index (χ4n) is 3.02. The number of nitrogens with one attached hydrogen (secondary N) is 1. The lowest BCUT2D eigenvalue weighted by atomic mass is 9.99. The summed E-state index contributed by atoms with van der Waals surface area (Å²) < 4.78 is 0. The Kier molecular flexibility index (Phi) is 7.68. The van der Waals surface area contributed by atoms with Gasteiger partial charge in [-0.25, -0.2) is 9.98 Å². The van der Waals surface area contributed by atoms with Gasteiger partial charge in [-0.05, 0) is 55.0 Å². The average molecular weight is 465 g/mol. The molecule has 0 radical (unpaired) electrons. The van der Waals surface area contributed by atoms with Crippen LogP contribution < -0.4 is 16.0 Å². The lowest BCUT2D eigenvalue weighted by Crippen LogP contribution is -2.33. The Balaban J connectivity index is 0.00000243. The molecule has 0 unspecified atom stereocenters. The van der Waals surface area contributed by atoms with Crippen LogP contribution in [0.5, 0.6) is 0 Å². The number of hydrogen-bond donors (Lipinski definition) is 2. The fraction of sp³-hybridized carbons (Fsp3) is 0.400. The average Bonchev–Trinajstić information content (AvgIpc) is 2.61. The topological polar surface area (TPSA) is 66.5 Å². The van der Waals surface area contributed by atoms with Gasteiger partial charge in [0, 0.05) is 25.0 Å². The monoisotopic (exact) mass is 465 g/mol. The van der Waals surface area contributed by atoms with E-state index in [0.29, 0.717) is 12.5 Å². The van der Waals surface area contributed by atoms with Crippen LogP contribution in [0, 0.1) is 12.8 Å². The summed E-state index contributed by atoms with van der Waals surface area (Å²) in [5.74, 6) is 2.30. The number of benzene rings is 1. The first kappa shape index (κ1) is 20.5. The van der Waals surface area contributed by atoms with E-state index in [-0.39, 0.29) is 24.0 Å². The van der Waals surface area contributed by atoms with Gasteiger partial charge >= 0.3 is 0 Å². The molecule has 3 rings (SSSR count). The van der Waals surface area contributed by atoms with Crippen LogP contribution in [0.2, 0.25) is 0 Å². The minimum absolute atomic E-state index is 0. The van der Waals surface area contributed by atoms with E-state index >= 15 is 0 Å². The second-order valence-corrected chi connectivity index (χ2v) is 6.89. The van der Waals surface area contributed by atoms with Crippen molar-refractivity contribution < 1.29 is 0 Å². The molecule has 1 aromatic carbocycles. The second kappa shape index (κ2) is 9.75. The summed E-state index contributed by atoms with van der Waals surface area (Å²) in [4.78, 5) is 11.4. The summed E-state index contributed by atoms with van der Waals surface area (Å²) >= 11 is 0. The highest BCUT2D eigenvalue weighted by Crippen LogP contribution is 2.21. The number of guanidine groups is 1. The number of halogens is 1. The Morgan fingerprint density at radius 1 is 1.27 bits per heavy atom. The van der Waals surface area contributed by atoms with Crippen molar-refractivity contribution in [2.75, 3.05) is 23.3 Å². The van der Waals surface area contributed by atoms with E-state index in [4.69, 9.17) is 5.73 Å². The van der Waals surface area contributed by atoms with E-state index in [1.807, 2.05) is 24.4 Å². The molecule has 0 atom stereocenters. The van der Waals surface area contributed by atoms with Crippen LogP contribution in [-0.4, -0.2) is 24.0 Å². The van der Waals surface area contributed by atoms with Crippen molar-refractivity contribution in [1.82, 2.24) is 4.98 Å². The third kappa shape index (κ3) is 5.86. The first-order valence-corrected chi connectivity index (χ1v) is 8.93. The predicted molar refractivity (Wildman–Crippen MR) is 120 cm³/mol. The molecule has 6 heteroatoms. The molecule has 2 aromatic rings. The number of piperidine rings is 1. The van der Waals surface area contributed by atoms with E-state index in [1.165, 1.54) is 18.4 Å². The maximum Gasteiger partial charge on any atom is 0.193 e. The predicted octanol–water partition coefficient (Wildman–Crippen LogP) is 4.17. The summed E-state index contributed by atoms with van der Waals surface area (Å²) in [5, 5.41) is 3.12. The van der Waals surface area contributed by atoms with Crippen LogP contribution in [0.1, 0.15) is 30.9 Å². The molecule has 0 amide bonds. The van der Waals surface area contributed by atoms with Gasteiger partial charge in [0.2, 0.25) is 0 Å². The molecule has 26 heavy (non-hydrogen) atoms. The number of anilines is 2. The molecule has 0 saturated carbocycles. The second-order valence-electron chi connectivity index (χ2n) is 6.89. The summed E-state index contributed by atoms with van der Waals surface area (Å²) in [7, 11) is 0. The SMILES string of the molecule is Cc1cccc(NC(N)=NCc2ccc(N3CCC(C)CC3)nc2)c1.I. The number of aryl methyl sites for hydroxylation is 1. The van der Waals surface area contributed by atoms with Crippen molar-refractivity contribution in [3.05, 3.63) is 53.7 Å². The van der Waals surface area contributed by atoms with Crippen molar-refractivity contribution in [1.29, 1.82) is 0 Å². The normalized spacial score (nSPS) is 15.5. The Hall–Kier alpha value is -1.83. The van der Waals surface area contributed by atoms with E-state index < -0.39 is 0 Å². The van der Waals surface area contributed by atoms with E-state index in [0.717, 1.165) is 36.1 Å². The number of nitrogens with zero attached hydrogens (tertiary/aromatic N) is 3. The summed E-state index contributed by atoms with van der Waals surface area (Å²) in [6.45, 7) is 7.09. The lowest BCUT2D eigenvalue weighted by molar-refractivity contribution is 0.436. The van der Waals surface area contributed by atoms with Crippen LogP contribution in [0.15, 0.2) is 47.6 Å². The number of rotatable bonds is 4. The van der Waals surface area contributed by atoms with Gasteiger partial charge in [-0.1, -0.05) is 25.1 Å². The maximum atomic E-state index is 5.97. The molecule has 0 aliphatic carbocycles. The van der Waals surface area contributed by atoms with Crippen molar-refractivity contribution in [3.8, 4) is 0 Å². The van der Waals surface area contributed by atoms with Gasteiger partial charge in [0.1, 0.15) is 5.82 Å². The van der Waals surface area contributed by atoms with Gasteiger partial charge in [-0.3, -0.25) is 0 Å². The molecular formula is C20H28IN5. The molecular weight excluding hydrogens is 437 g/mol. The molecule has 1 aliphatic heterocycles. The number of aromatic nitrogens is 1. The molecule has 1 aromatic heterocycles. The molecule has 0 bridgehead atoms. The Bertz CT molecular complexity index is 721. The van der Waals surface area contributed by atoms with Crippen molar-refractivity contribution in [2.24, 2.45) is 16.6 Å². The molecule has 3 N–H and O–H groups in total. The van der Waals surface area contributed by atoms with Crippen molar-refractivity contribution in [3.63, 3.8) is 0 Å². The van der Waals surface area contributed by atoms with E-state index in [9.17, 15) is 0 Å². The number of nitrogens with two attached hydrogens (primary N) is 1. The molecule has 1 aliphatic rings. The van der Waals surface area contributed by atoms with E-state index in [2.05, 4.69) is 52.2 Å². The first-order valence-electron chi connectivity index (χ1n) is 8.93. The minimum Gasteiger partial charge on any atom is -0.370 e. The Labute approximate surface area is 173 Å². The highest BCUT2D eigenvalue weighted by atomic mass is 127. The standard InChI is InChI=1S/C20H27N5.HI/c1-15-8-10-25(11-9-15)19-7-6-17(13-22-19)14-23-20(21)24-18-5-3-4-16(2)12-18;/h3-7,12-13,15H,8-11,14H2,1-2H3,(H3,21,23,24);1H. The fourth-order valence-corrected chi connectivity index (χ4v) is 3.02. The van der Waals surface area contributed by atoms with Crippen molar-refractivity contribution in [2.45, 2.75) is 33.2 Å². The molecule has 5 nitrogen and oxygen atoms in total. The zero-order valence-corrected chi connectivity index (χ0v) is 17.8. The highest BCUT2D eigenvalue weighted by Gasteiger charge is 2.16. The number of aliphatic imine (C=N–C) groups is 1. The third-order valence-corrected chi connectivity index (χ3v) is 4.64. The van der Waals surface area contributed by atoms with Gasteiger partial charge in [-0.2, -0.15) is 0 Å². The van der Waals surface area contributed by atoms with E-state index in [1.54, 1.807) is 0 Å². The summed E-state index contributed by atoms with van der Waals surface area (Å²) in [6.07, 6.45) is 4.39. The molecule has 0 spiro atoms. The van der Waals surface area contributed by atoms with Gasteiger partial charge in [-0.15, -0.1) is 24.0 Å². The molecule has 140 valence electrons. The number of pyridine rings is 1. The zero-order chi connectivity index (χ0) is 17.6.